The summed E-state index contributed by atoms with van der Waals surface area (Å²) >= 11 is 17.3. The van der Waals surface area contributed by atoms with Gasteiger partial charge in [-0.2, -0.15) is 0 Å². The second-order valence-electron chi connectivity index (χ2n) is 5.17. The fourth-order valence-corrected chi connectivity index (χ4v) is 3.07. The number of fused-ring (bicyclic) bond motifs is 1. The Balaban J connectivity index is 2.28. The summed E-state index contributed by atoms with van der Waals surface area (Å²) in [6.45, 7) is 0.357. The van der Waals surface area contributed by atoms with Gasteiger partial charge in [-0.15, -0.1) is 0 Å². The van der Waals surface area contributed by atoms with Crippen molar-refractivity contribution in [1.29, 1.82) is 0 Å². The Morgan fingerprint density at radius 3 is 2.48 bits per heavy atom. The standard InChI is InChI=1S/C14H12Cl2N4O2S/c1-18-11-10(12(21)19(2)14(18)22)17-13(23)20(11)6-7-3-4-8(15)9(16)5-7/h3-5H,6H2,1-2H3,(H,17,23). The number of rotatable bonds is 2. The van der Waals surface area contributed by atoms with Gasteiger partial charge in [-0.05, 0) is 29.9 Å². The van der Waals surface area contributed by atoms with Gasteiger partial charge in [0.05, 0.1) is 16.6 Å². The largest absolute Gasteiger partial charge is 0.332 e. The maximum Gasteiger partial charge on any atom is 0.332 e. The Morgan fingerprint density at radius 2 is 1.83 bits per heavy atom. The average molecular weight is 371 g/mol. The van der Waals surface area contributed by atoms with Crippen molar-refractivity contribution < 1.29 is 0 Å². The summed E-state index contributed by atoms with van der Waals surface area (Å²) in [5.41, 5.74) is 0.750. The van der Waals surface area contributed by atoms with E-state index in [-0.39, 0.29) is 0 Å². The molecule has 6 nitrogen and oxygen atoms in total. The zero-order chi connectivity index (χ0) is 16.9. The van der Waals surface area contributed by atoms with Crippen molar-refractivity contribution in [3.05, 3.63) is 59.4 Å². The second-order valence-corrected chi connectivity index (χ2v) is 6.37. The summed E-state index contributed by atoms with van der Waals surface area (Å²) in [5, 5.41) is 0.888. The predicted octanol–water partition coefficient (Wildman–Crippen LogP) is 2.45. The molecule has 0 aliphatic heterocycles. The number of halogens is 2. The molecule has 0 spiro atoms. The molecule has 9 heteroatoms. The van der Waals surface area contributed by atoms with Crippen LogP contribution in [0.1, 0.15) is 5.56 Å². The Kier molecular flexibility index (Phi) is 3.95. The number of hydrogen-bond acceptors (Lipinski definition) is 3. The molecule has 1 N–H and O–H groups in total. The molecule has 0 atom stereocenters. The highest BCUT2D eigenvalue weighted by molar-refractivity contribution is 7.71. The van der Waals surface area contributed by atoms with Crippen LogP contribution in [0.25, 0.3) is 11.2 Å². The summed E-state index contributed by atoms with van der Waals surface area (Å²) in [4.78, 5) is 27.3. The highest BCUT2D eigenvalue weighted by Gasteiger charge is 2.15. The van der Waals surface area contributed by atoms with Crippen LogP contribution in [0.2, 0.25) is 10.0 Å². The van der Waals surface area contributed by atoms with Gasteiger partial charge in [0.1, 0.15) is 11.2 Å². The molecule has 0 aliphatic rings. The average Bonchev–Trinajstić information content (AvgIpc) is 2.84. The fraction of sp³-hybridized carbons (Fsp3) is 0.214. The van der Waals surface area contributed by atoms with E-state index in [1.165, 1.54) is 11.6 Å². The van der Waals surface area contributed by atoms with Gasteiger partial charge in [0.2, 0.25) is 0 Å². The first kappa shape index (κ1) is 16.0. The van der Waals surface area contributed by atoms with Crippen LogP contribution in [0.5, 0.6) is 0 Å². The number of aryl methyl sites for hydroxylation is 1. The van der Waals surface area contributed by atoms with Gasteiger partial charge in [0.15, 0.2) is 4.77 Å². The second kappa shape index (κ2) is 5.67. The van der Waals surface area contributed by atoms with E-state index in [0.29, 0.717) is 32.5 Å². The minimum atomic E-state index is -0.417. The fourth-order valence-electron chi connectivity index (χ4n) is 2.50. The number of benzene rings is 1. The van der Waals surface area contributed by atoms with Crippen molar-refractivity contribution in [2.45, 2.75) is 6.54 Å². The number of imidazole rings is 1. The molecule has 0 amide bonds. The lowest BCUT2D eigenvalue weighted by atomic mass is 10.2. The lowest BCUT2D eigenvalue weighted by Crippen LogP contribution is -2.37. The molecule has 1 aromatic carbocycles. The van der Waals surface area contributed by atoms with Crippen molar-refractivity contribution in [3.63, 3.8) is 0 Å². The highest BCUT2D eigenvalue weighted by atomic mass is 35.5. The minimum Gasteiger partial charge on any atom is -0.325 e. The van der Waals surface area contributed by atoms with Crippen LogP contribution in [-0.4, -0.2) is 18.7 Å². The van der Waals surface area contributed by atoms with Gasteiger partial charge in [0.25, 0.3) is 5.56 Å². The molecule has 0 bridgehead atoms. The van der Waals surface area contributed by atoms with Crippen LogP contribution in [0, 0.1) is 4.77 Å². The molecule has 3 aromatic rings. The van der Waals surface area contributed by atoms with Crippen LogP contribution in [-0.2, 0) is 20.6 Å². The molecule has 2 aromatic heterocycles. The molecule has 0 aliphatic carbocycles. The van der Waals surface area contributed by atoms with Crippen LogP contribution in [0.3, 0.4) is 0 Å². The molecule has 0 unspecified atom stereocenters. The smallest absolute Gasteiger partial charge is 0.325 e. The predicted molar refractivity (Wildman–Crippen MR) is 93.2 cm³/mol. The van der Waals surface area contributed by atoms with Crippen molar-refractivity contribution >= 4 is 46.6 Å². The first-order valence-electron chi connectivity index (χ1n) is 6.63. The van der Waals surface area contributed by atoms with E-state index in [1.807, 2.05) is 6.07 Å². The van der Waals surface area contributed by atoms with E-state index >= 15 is 0 Å². The summed E-state index contributed by atoms with van der Waals surface area (Å²) in [7, 11) is 3.02. The van der Waals surface area contributed by atoms with Crippen LogP contribution < -0.4 is 11.2 Å². The summed E-state index contributed by atoms with van der Waals surface area (Å²) < 4.78 is 4.47. The topological polar surface area (TPSA) is 64.7 Å². The Hall–Kier alpha value is -1.83. The monoisotopic (exact) mass is 370 g/mol. The third-order valence-electron chi connectivity index (χ3n) is 3.69. The Morgan fingerprint density at radius 1 is 1.13 bits per heavy atom. The zero-order valence-electron chi connectivity index (χ0n) is 12.3. The number of nitrogens with one attached hydrogen (secondary N) is 1. The highest BCUT2D eigenvalue weighted by Crippen LogP contribution is 2.23. The van der Waals surface area contributed by atoms with Crippen LogP contribution in [0.4, 0.5) is 0 Å². The van der Waals surface area contributed by atoms with Gasteiger partial charge in [0, 0.05) is 14.1 Å². The lowest BCUT2D eigenvalue weighted by molar-refractivity contribution is 0.686. The van der Waals surface area contributed by atoms with E-state index in [4.69, 9.17) is 35.4 Å². The molecule has 3 rings (SSSR count). The van der Waals surface area contributed by atoms with Crippen molar-refractivity contribution in [2.75, 3.05) is 0 Å². The van der Waals surface area contributed by atoms with Gasteiger partial charge in [-0.25, -0.2) is 4.79 Å². The maximum absolute atomic E-state index is 12.2. The third-order valence-corrected chi connectivity index (χ3v) is 4.75. The van der Waals surface area contributed by atoms with Gasteiger partial charge in [-0.1, -0.05) is 29.3 Å². The van der Waals surface area contributed by atoms with E-state index in [9.17, 15) is 9.59 Å². The summed E-state index contributed by atoms with van der Waals surface area (Å²) in [5.74, 6) is 0. The molecule has 0 saturated carbocycles. The summed E-state index contributed by atoms with van der Waals surface area (Å²) in [6.07, 6.45) is 0. The van der Waals surface area contributed by atoms with Gasteiger partial charge >= 0.3 is 5.69 Å². The lowest BCUT2D eigenvalue weighted by Gasteiger charge is -2.09. The number of hydrogen-bond donors (Lipinski definition) is 1. The molecular formula is C14H12Cl2N4O2S. The molecular weight excluding hydrogens is 359 g/mol. The zero-order valence-corrected chi connectivity index (χ0v) is 14.6. The first-order valence-corrected chi connectivity index (χ1v) is 7.80. The van der Waals surface area contributed by atoms with Crippen LogP contribution in [0.15, 0.2) is 27.8 Å². The van der Waals surface area contributed by atoms with Crippen molar-refractivity contribution in [1.82, 2.24) is 18.7 Å². The number of H-pyrrole nitrogens is 1. The number of aromatic amines is 1. The molecule has 2 heterocycles. The summed E-state index contributed by atoms with van der Waals surface area (Å²) in [6, 6.07) is 5.23. The molecule has 120 valence electrons. The third kappa shape index (κ3) is 2.54. The van der Waals surface area contributed by atoms with Crippen LogP contribution >= 0.6 is 35.4 Å². The van der Waals surface area contributed by atoms with Gasteiger partial charge < -0.3 is 4.98 Å². The number of nitrogens with zero attached hydrogens (tertiary/aromatic N) is 3. The molecule has 0 fully saturated rings. The SMILES string of the molecule is Cn1c(=O)c2[nH]c(=S)n(Cc3ccc(Cl)c(Cl)c3)c2n(C)c1=O. The van der Waals surface area contributed by atoms with E-state index < -0.39 is 11.2 Å². The van der Waals surface area contributed by atoms with E-state index in [1.54, 1.807) is 23.7 Å². The molecule has 0 radical (unpaired) electrons. The molecule has 0 saturated heterocycles. The first-order chi connectivity index (χ1) is 10.8. The van der Waals surface area contributed by atoms with E-state index in [0.717, 1.165) is 10.1 Å². The normalized spacial score (nSPS) is 11.3. The maximum atomic E-state index is 12.2. The van der Waals surface area contributed by atoms with Crippen molar-refractivity contribution in [2.24, 2.45) is 14.1 Å². The van der Waals surface area contributed by atoms with E-state index in [2.05, 4.69) is 4.98 Å². The Labute approximate surface area is 145 Å². The minimum absolute atomic E-state index is 0.291. The van der Waals surface area contributed by atoms with Crippen molar-refractivity contribution in [3.8, 4) is 0 Å². The molecule has 23 heavy (non-hydrogen) atoms. The quantitative estimate of drug-likeness (QED) is 0.704. The Bertz CT molecular complexity index is 1110. The van der Waals surface area contributed by atoms with Gasteiger partial charge in [-0.3, -0.25) is 18.5 Å². The number of aromatic nitrogens is 4.